The monoisotopic (exact) mass is 294 g/mol. The summed E-state index contributed by atoms with van der Waals surface area (Å²) in [7, 11) is 0. The van der Waals surface area contributed by atoms with Crippen LogP contribution >= 0.6 is 11.6 Å². The average molecular weight is 295 g/mol. The molecule has 1 aromatic carbocycles. The molecule has 0 aliphatic carbocycles. The minimum absolute atomic E-state index is 0.150. The van der Waals surface area contributed by atoms with E-state index in [0.29, 0.717) is 10.7 Å². The lowest BCUT2D eigenvalue weighted by Crippen LogP contribution is -2.22. The summed E-state index contributed by atoms with van der Waals surface area (Å²) in [6.45, 7) is 1.58. The zero-order valence-corrected chi connectivity index (χ0v) is 11.3. The van der Waals surface area contributed by atoms with E-state index in [1.54, 1.807) is 18.2 Å². The maximum absolute atomic E-state index is 11.9. The lowest BCUT2D eigenvalue weighted by Gasteiger charge is -2.09. The van der Waals surface area contributed by atoms with Crippen LogP contribution in [-0.4, -0.2) is 32.0 Å². The van der Waals surface area contributed by atoms with Crippen molar-refractivity contribution in [3.8, 4) is 0 Å². The average Bonchev–Trinajstić information content (AvgIpc) is 2.82. The summed E-state index contributed by atoms with van der Waals surface area (Å²) >= 11 is 5.85. The molecule has 2 rings (SSSR count). The van der Waals surface area contributed by atoms with Gasteiger partial charge in [-0.2, -0.15) is 0 Å². The zero-order chi connectivity index (χ0) is 14.7. The summed E-state index contributed by atoms with van der Waals surface area (Å²) in [6, 6.07) is 5.11. The molecule has 1 aromatic heterocycles. The molecular formula is C12H11ClN4O3. The first-order valence-corrected chi connectivity index (χ1v) is 6.03. The SMILES string of the molecule is Cc1ccc(Cl)cc1NC(=O)Cn1nncc1C(=O)O. The topological polar surface area (TPSA) is 97.1 Å². The van der Waals surface area contributed by atoms with Crippen molar-refractivity contribution in [2.24, 2.45) is 0 Å². The number of carbonyl (C=O) groups excluding carboxylic acids is 1. The van der Waals surface area contributed by atoms with Crippen LogP contribution in [0.1, 0.15) is 16.1 Å². The van der Waals surface area contributed by atoms with Gasteiger partial charge in [0.05, 0.1) is 6.20 Å². The van der Waals surface area contributed by atoms with Crippen LogP contribution < -0.4 is 5.32 Å². The van der Waals surface area contributed by atoms with Crippen molar-refractivity contribution in [3.05, 3.63) is 40.7 Å². The molecule has 2 N–H and O–H groups in total. The minimum atomic E-state index is -1.19. The molecule has 1 amide bonds. The van der Waals surface area contributed by atoms with Crippen molar-refractivity contribution in [2.75, 3.05) is 5.32 Å². The molecule has 0 saturated heterocycles. The van der Waals surface area contributed by atoms with E-state index < -0.39 is 11.9 Å². The van der Waals surface area contributed by atoms with Crippen molar-refractivity contribution in [1.29, 1.82) is 0 Å². The number of nitrogens with one attached hydrogen (secondary N) is 1. The van der Waals surface area contributed by atoms with Gasteiger partial charge >= 0.3 is 5.97 Å². The fraction of sp³-hybridized carbons (Fsp3) is 0.167. The summed E-state index contributed by atoms with van der Waals surface area (Å²) in [4.78, 5) is 22.8. The van der Waals surface area contributed by atoms with Crippen LogP contribution in [0.3, 0.4) is 0 Å². The Morgan fingerprint density at radius 3 is 2.90 bits per heavy atom. The summed E-state index contributed by atoms with van der Waals surface area (Å²) in [5.74, 6) is -1.61. The van der Waals surface area contributed by atoms with Gasteiger partial charge in [0.25, 0.3) is 0 Å². The van der Waals surface area contributed by atoms with Crippen LogP contribution in [-0.2, 0) is 11.3 Å². The molecule has 104 valence electrons. The van der Waals surface area contributed by atoms with Crippen molar-refractivity contribution in [3.63, 3.8) is 0 Å². The number of hydrogen-bond acceptors (Lipinski definition) is 4. The molecule has 0 aliphatic rings. The van der Waals surface area contributed by atoms with Gasteiger partial charge in [0.2, 0.25) is 5.91 Å². The number of aromatic nitrogens is 3. The molecule has 0 fully saturated rings. The number of amides is 1. The Balaban J connectivity index is 2.11. The number of carboxylic acid groups (broad SMARTS) is 1. The summed E-state index contributed by atoms with van der Waals surface area (Å²) in [5, 5.41) is 19.1. The molecule has 8 heteroatoms. The van der Waals surface area contributed by atoms with Crippen molar-refractivity contribution in [1.82, 2.24) is 15.0 Å². The minimum Gasteiger partial charge on any atom is -0.476 e. The standard InChI is InChI=1S/C12H11ClN4O3/c1-7-2-3-8(13)4-9(7)15-11(18)6-17-10(12(19)20)5-14-16-17/h2-5H,6H2,1H3,(H,15,18)(H,19,20). The largest absolute Gasteiger partial charge is 0.476 e. The number of anilines is 1. The van der Waals surface area contributed by atoms with Gasteiger partial charge in [-0.3, -0.25) is 4.79 Å². The Morgan fingerprint density at radius 1 is 1.45 bits per heavy atom. The third kappa shape index (κ3) is 3.12. The number of aryl methyl sites for hydroxylation is 1. The van der Waals surface area contributed by atoms with Gasteiger partial charge in [0.1, 0.15) is 6.54 Å². The van der Waals surface area contributed by atoms with Gasteiger partial charge in [0, 0.05) is 10.7 Å². The zero-order valence-electron chi connectivity index (χ0n) is 10.5. The third-order valence-corrected chi connectivity index (χ3v) is 2.84. The Labute approximate surface area is 119 Å². The molecule has 0 aliphatic heterocycles. The number of halogens is 1. The van der Waals surface area contributed by atoms with E-state index in [4.69, 9.17) is 16.7 Å². The van der Waals surface area contributed by atoms with Gasteiger partial charge in [0.15, 0.2) is 5.69 Å². The smallest absolute Gasteiger partial charge is 0.355 e. The quantitative estimate of drug-likeness (QED) is 0.892. The maximum Gasteiger partial charge on any atom is 0.355 e. The summed E-state index contributed by atoms with van der Waals surface area (Å²) < 4.78 is 1.01. The molecule has 0 spiro atoms. The summed E-state index contributed by atoms with van der Waals surface area (Å²) in [5.41, 5.74) is 1.27. The molecule has 0 unspecified atom stereocenters. The van der Waals surface area contributed by atoms with Gasteiger partial charge in [-0.25, -0.2) is 9.48 Å². The first kappa shape index (κ1) is 14.0. The van der Waals surface area contributed by atoms with E-state index in [9.17, 15) is 9.59 Å². The van der Waals surface area contributed by atoms with Crippen LogP contribution in [0, 0.1) is 6.92 Å². The van der Waals surface area contributed by atoms with Gasteiger partial charge in [-0.05, 0) is 24.6 Å². The second-order valence-corrected chi connectivity index (χ2v) is 4.53. The van der Waals surface area contributed by atoms with Gasteiger partial charge in [-0.1, -0.05) is 22.9 Å². The van der Waals surface area contributed by atoms with Crippen molar-refractivity contribution >= 4 is 29.2 Å². The number of carbonyl (C=O) groups is 2. The molecule has 0 radical (unpaired) electrons. The number of aromatic carboxylic acids is 1. The molecule has 0 saturated carbocycles. The van der Waals surface area contributed by atoms with E-state index in [1.165, 1.54) is 0 Å². The Morgan fingerprint density at radius 2 is 2.20 bits per heavy atom. The van der Waals surface area contributed by atoms with Crippen LogP contribution in [0.15, 0.2) is 24.4 Å². The summed E-state index contributed by atoms with van der Waals surface area (Å²) in [6.07, 6.45) is 1.08. The number of rotatable bonds is 4. The van der Waals surface area contributed by atoms with Crippen LogP contribution in [0.4, 0.5) is 5.69 Å². The van der Waals surface area contributed by atoms with Crippen LogP contribution in [0.2, 0.25) is 5.02 Å². The number of carboxylic acids is 1. The predicted molar refractivity (Wildman–Crippen MR) is 71.8 cm³/mol. The van der Waals surface area contributed by atoms with E-state index in [2.05, 4.69) is 15.6 Å². The number of nitrogens with zero attached hydrogens (tertiary/aromatic N) is 3. The molecule has 7 nitrogen and oxygen atoms in total. The predicted octanol–water partition coefficient (Wildman–Crippen LogP) is 1.58. The van der Waals surface area contributed by atoms with Crippen molar-refractivity contribution < 1.29 is 14.7 Å². The van der Waals surface area contributed by atoms with E-state index in [1.807, 2.05) is 6.92 Å². The molecule has 2 aromatic rings. The van der Waals surface area contributed by atoms with E-state index in [0.717, 1.165) is 16.4 Å². The molecule has 0 atom stereocenters. The maximum atomic E-state index is 11.9. The first-order chi connectivity index (χ1) is 9.47. The highest BCUT2D eigenvalue weighted by Gasteiger charge is 2.14. The normalized spacial score (nSPS) is 10.3. The number of benzene rings is 1. The second-order valence-electron chi connectivity index (χ2n) is 4.09. The van der Waals surface area contributed by atoms with Crippen LogP contribution in [0.5, 0.6) is 0 Å². The van der Waals surface area contributed by atoms with Gasteiger partial charge in [-0.15, -0.1) is 5.10 Å². The Bertz CT molecular complexity index is 668. The highest BCUT2D eigenvalue weighted by atomic mass is 35.5. The number of hydrogen-bond donors (Lipinski definition) is 2. The van der Waals surface area contributed by atoms with Crippen LogP contribution in [0.25, 0.3) is 0 Å². The van der Waals surface area contributed by atoms with E-state index in [-0.39, 0.29) is 12.2 Å². The fourth-order valence-corrected chi connectivity index (χ4v) is 1.77. The molecule has 20 heavy (non-hydrogen) atoms. The second kappa shape index (κ2) is 5.70. The van der Waals surface area contributed by atoms with Gasteiger partial charge < -0.3 is 10.4 Å². The Kier molecular flexibility index (Phi) is 3.99. The van der Waals surface area contributed by atoms with E-state index >= 15 is 0 Å². The highest BCUT2D eigenvalue weighted by molar-refractivity contribution is 6.31. The molecule has 1 heterocycles. The lowest BCUT2D eigenvalue weighted by molar-refractivity contribution is -0.116. The molecular weight excluding hydrogens is 284 g/mol. The lowest BCUT2D eigenvalue weighted by atomic mass is 10.2. The van der Waals surface area contributed by atoms with Crippen molar-refractivity contribution in [2.45, 2.75) is 13.5 Å². The fourth-order valence-electron chi connectivity index (χ4n) is 1.59. The third-order valence-electron chi connectivity index (χ3n) is 2.60. The molecule has 0 bridgehead atoms. The highest BCUT2D eigenvalue weighted by Crippen LogP contribution is 2.20. The first-order valence-electron chi connectivity index (χ1n) is 5.65. The Hall–Kier alpha value is -2.41.